The first kappa shape index (κ1) is 14.8. The summed E-state index contributed by atoms with van der Waals surface area (Å²) in [5.41, 5.74) is 0.488. The maximum Gasteiger partial charge on any atom is 0.240 e. The Labute approximate surface area is 121 Å². The molecular weight excluding hydrogens is 296 g/mol. The van der Waals surface area contributed by atoms with E-state index >= 15 is 0 Å². The average Bonchev–Trinajstić information content (AvgIpc) is 2.82. The topological polar surface area (TPSA) is 76.1 Å². The van der Waals surface area contributed by atoms with Crippen LogP contribution in [-0.2, 0) is 16.6 Å². The molecule has 1 N–H and O–H groups in total. The molecule has 0 saturated heterocycles. The van der Waals surface area contributed by atoms with Gasteiger partial charge in [0, 0.05) is 23.2 Å². The average molecular weight is 310 g/mol. The molecule has 0 fully saturated rings. The van der Waals surface area contributed by atoms with E-state index in [-0.39, 0.29) is 17.2 Å². The van der Waals surface area contributed by atoms with Crippen LogP contribution in [-0.4, -0.2) is 19.2 Å². The molecule has 0 bridgehead atoms. The van der Waals surface area contributed by atoms with Gasteiger partial charge in [0.25, 0.3) is 0 Å². The molecule has 106 valence electrons. The Bertz CT molecular complexity index is 718. The number of nitrogens with one attached hydrogen (secondary N) is 1. The van der Waals surface area contributed by atoms with Crippen molar-refractivity contribution in [3.63, 3.8) is 0 Å². The number of carbonyl (C=O) groups excluding carboxylic acids is 1. The van der Waals surface area contributed by atoms with E-state index in [1.165, 1.54) is 42.5 Å². The minimum absolute atomic E-state index is 0.0953. The van der Waals surface area contributed by atoms with Gasteiger partial charge in [0.05, 0.1) is 9.90 Å². The SMILES string of the molecule is CC(=O)c1ccc(S(=O)(=O)NCc2cnc(C)s2)cc1. The first-order valence-corrected chi connectivity index (χ1v) is 8.20. The first-order chi connectivity index (χ1) is 9.38. The van der Waals surface area contributed by atoms with Crippen LogP contribution in [0.4, 0.5) is 0 Å². The zero-order valence-corrected chi connectivity index (χ0v) is 12.7. The molecule has 2 rings (SSSR count). The zero-order chi connectivity index (χ0) is 14.8. The number of nitrogens with zero attached hydrogens (tertiary/aromatic N) is 1. The molecule has 20 heavy (non-hydrogen) atoms. The number of sulfonamides is 1. The fourth-order valence-electron chi connectivity index (χ4n) is 1.61. The molecular formula is C13H14N2O3S2. The van der Waals surface area contributed by atoms with Crippen LogP contribution >= 0.6 is 11.3 Å². The van der Waals surface area contributed by atoms with Gasteiger partial charge in [-0.2, -0.15) is 0 Å². The van der Waals surface area contributed by atoms with Crippen molar-refractivity contribution in [3.8, 4) is 0 Å². The minimum Gasteiger partial charge on any atom is -0.295 e. The predicted molar refractivity (Wildman–Crippen MR) is 77.3 cm³/mol. The van der Waals surface area contributed by atoms with Gasteiger partial charge in [-0.1, -0.05) is 12.1 Å². The molecule has 0 aliphatic carbocycles. The second-order valence-corrected chi connectivity index (χ2v) is 7.34. The van der Waals surface area contributed by atoms with Crippen LogP contribution in [0, 0.1) is 6.92 Å². The summed E-state index contributed by atoms with van der Waals surface area (Å²) in [6, 6.07) is 5.87. The second kappa shape index (κ2) is 5.82. The van der Waals surface area contributed by atoms with Gasteiger partial charge in [0.15, 0.2) is 5.78 Å². The Morgan fingerprint density at radius 3 is 2.45 bits per heavy atom. The van der Waals surface area contributed by atoms with Gasteiger partial charge in [0.2, 0.25) is 10.0 Å². The lowest BCUT2D eigenvalue weighted by atomic mass is 10.2. The lowest BCUT2D eigenvalue weighted by molar-refractivity contribution is 0.101. The number of ketones is 1. The lowest BCUT2D eigenvalue weighted by Gasteiger charge is -2.05. The summed E-state index contributed by atoms with van der Waals surface area (Å²) < 4.78 is 26.7. The highest BCUT2D eigenvalue weighted by molar-refractivity contribution is 7.89. The third-order valence-corrected chi connectivity index (χ3v) is 5.01. The Morgan fingerprint density at radius 1 is 1.30 bits per heavy atom. The number of hydrogen-bond donors (Lipinski definition) is 1. The fourth-order valence-corrected chi connectivity index (χ4v) is 3.44. The monoisotopic (exact) mass is 310 g/mol. The molecule has 0 aliphatic heterocycles. The maximum atomic E-state index is 12.1. The van der Waals surface area contributed by atoms with Crippen molar-refractivity contribution in [2.75, 3.05) is 0 Å². The van der Waals surface area contributed by atoms with E-state index in [2.05, 4.69) is 9.71 Å². The van der Waals surface area contributed by atoms with Gasteiger partial charge in [-0.25, -0.2) is 18.1 Å². The first-order valence-electron chi connectivity index (χ1n) is 5.90. The van der Waals surface area contributed by atoms with E-state index in [0.29, 0.717) is 5.56 Å². The van der Waals surface area contributed by atoms with Crippen LogP contribution in [0.5, 0.6) is 0 Å². The minimum atomic E-state index is -3.57. The molecule has 0 saturated carbocycles. The highest BCUT2D eigenvalue weighted by atomic mass is 32.2. The number of aryl methyl sites for hydroxylation is 1. The van der Waals surface area contributed by atoms with Crippen molar-refractivity contribution in [3.05, 3.63) is 45.9 Å². The third kappa shape index (κ3) is 3.50. The standard InChI is InChI=1S/C13H14N2O3S2/c1-9(16)11-3-5-13(6-4-11)20(17,18)15-8-12-7-14-10(2)19-12/h3-7,15H,8H2,1-2H3. The molecule has 0 aliphatic rings. The van der Waals surface area contributed by atoms with Crippen LogP contribution in [0.25, 0.3) is 0 Å². The van der Waals surface area contributed by atoms with Gasteiger partial charge in [-0.3, -0.25) is 4.79 Å². The van der Waals surface area contributed by atoms with Gasteiger partial charge in [0.1, 0.15) is 0 Å². The Kier molecular flexibility index (Phi) is 4.32. The summed E-state index contributed by atoms with van der Waals surface area (Å²) in [4.78, 5) is 16.2. The van der Waals surface area contributed by atoms with E-state index < -0.39 is 10.0 Å². The highest BCUT2D eigenvalue weighted by Crippen LogP contribution is 2.14. The largest absolute Gasteiger partial charge is 0.295 e. The molecule has 0 atom stereocenters. The molecule has 7 heteroatoms. The van der Waals surface area contributed by atoms with E-state index in [1.807, 2.05) is 6.92 Å². The normalized spacial score (nSPS) is 11.5. The number of Topliss-reactive ketones (excluding diaryl/α,β-unsaturated/α-hetero) is 1. The summed E-state index contributed by atoms with van der Waals surface area (Å²) >= 11 is 1.45. The molecule has 0 spiro atoms. The second-order valence-electron chi connectivity index (χ2n) is 4.25. The quantitative estimate of drug-likeness (QED) is 0.858. The van der Waals surface area contributed by atoms with Gasteiger partial charge < -0.3 is 0 Å². The lowest BCUT2D eigenvalue weighted by Crippen LogP contribution is -2.22. The summed E-state index contributed by atoms with van der Waals surface area (Å²) in [6.07, 6.45) is 1.65. The van der Waals surface area contributed by atoms with E-state index in [1.54, 1.807) is 6.20 Å². The van der Waals surface area contributed by atoms with Gasteiger partial charge in [-0.15, -0.1) is 11.3 Å². The number of thiazole rings is 1. The smallest absolute Gasteiger partial charge is 0.240 e. The highest BCUT2D eigenvalue weighted by Gasteiger charge is 2.14. The van der Waals surface area contributed by atoms with Gasteiger partial charge in [-0.05, 0) is 26.0 Å². The van der Waals surface area contributed by atoms with E-state index in [9.17, 15) is 13.2 Å². The van der Waals surface area contributed by atoms with E-state index in [4.69, 9.17) is 0 Å². The summed E-state index contributed by atoms with van der Waals surface area (Å²) in [5, 5.41) is 0.894. The molecule has 0 radical (unpaired) electrons. The van der Waals surface area contributed by atoms with Crippen molar-refractivity contribution in [2.24, 2.45) is 0 Å². The van der Waals surface area contributed by atoms with Crippen molar-refractivity contribution in [1.29, 1.82) is 0 Å². The van der Waals surface area contributed by atoms with Crippen molar-refractivity contribution in [2.45, 2.75) is 25.3 Å². The molecule has 5 nitrogen and oxygen atoms in total. The number of aromatic nitrogens is 1. The molecule has 1 heterocycles. The Morgan fingerprint density at radius 2 is 1.95 bits per heavy atom. The van der Waals surface area contributed by atoms with Crippen LogP contribution in [0.3, 0.4) is 0 Å². The Balaban J connectivity index is 2.11. The summed E-state index contributed by atoms with van der Waals surface area (Å²) in [5.74, 6) is -0.0953. The molecule has 0 amide bonds. The number of hydrogen-bond acceptors (Lipinski definition) is 5. The number of carbonyl (C=O) groups is 1. The van der Waals surface area contributed by atoms with Crippen LogP contribution in [0.1, 0.15) is 27.2 Å². The van der Waals surface area contributed by atoms with Crippen molar-refractivity contribution < 1.29 is 13.2 Å². The molecule has 1 aromatic heterocycles. The maximum absolute atomic E-state index is 12.1. The predicted octanol–water partition coefficient (Wildman–Crippen LogP) is 2.13. The molecule has 0 unspecified atom stereocenters. The Hall–Kier alpha value is -1.57. The van der Waals surface area contributed by atoms with Crippen LogP contribution < -0.4 is 4.72 Å². The van der Waals surface area contributed by atoms with Crippen molar-refractivity contribution in [1.82, 2.24) is 9.71 Å². The number of benzene rings is 1. The molecule has 2 aromatic rings. The van der Waals surface area contributed by atoms with Gasteiger partial charge >= 0.3 is 0 Å². The van der Waals surface area contributed by atoms with Crippen LogP contribution in [0.2, 0.25) is 0 Å². The van der Waals surface area contributed by atoms with E-state index in [0.717, 1.165) is 9.88 Å². The summed E-state index contributed by atoms with van der Waals surface area (Å²) in [7, 11) is -3.57. The molecule has 1 aromatic carbocycles. The van der Waals surface area contributed by atoms with Crippen LogP contribution in [0.15, 0.2) is 35.4 Å². The fraction of sp³-hybridized carbons (Fsp3) is 0.231. The zero-order valence-electron chi connectivity index (χ0n) is 11.1. The third-order valence-electron chi connectivity index (χ3n) is 2.68. The summed E-state index contributed by atoms with van der Waals surface area (Å²) in [6.45, 7) is 3.51. The van der Waals surface area contributed by atoms with Crippen molar-refractivity contribution >= 4 is 27.1 Å². The number of rotatable bonds is 5.